The first-order chi connectivity index (χ1) is 5.88. The third kappa shape index (κ3) is 0.779. The zero-order chi connectivity index (χ0) is 8.02. The van der Waals surface area contributed by atoms with Crippen LogP contribution in [0.2, 0.25) is 0 Å². The lowest BCUT2D eigenvalue weighted by Gasteiger charge is -2.19. The maximum absolute atomic E-state index is 5.78. The first-order valence-electron chi connectivity index (χ1n) is 4.21. The minimum absolute atomic E-state index is 0.0195. The van der Waals surface area contributed by atoms with E-state index in [0.717, 1.165) is 24.3 Å². The number of fused-ring (bicyclic) bond motifs is 1. The Morgan fingerprint density at radius 3 is 2.92 bits per heavy atom. The number of aliphatic imine (C=N–C) groups is 1. The third-order valence-corrected chi connectivity index (χ3v) is 2.36. The van der Waals surface area contributed by atoms with Gasteiger partial charge < -0.3 is 4.74 Å². The summed E-state index contributed by atoms with van der Waals surface area (Å²) in [7, 11) is 0. The van der Waals surface area contributed by atoms with E-state index in [0.29, 0.717) is 0 Å². The van der Waals surface area contributed by atoms with E-state index < -0.39 is 0 Å². The van der Waals surface area contributed by atoms with Crippen molar-refractivity contribution in [3.8, 4) is 5.75 Å². The topological polar surface area (TPSA) is 21.6 Å². The normalized spacial score (nSPS) is 21.7. The van der Waals surface area contributed by atoms with Crippen molar-refractivity contribution in [2.75, 3.05) is 0 Å². The lowest BCUT2D eigenvalue weighted by atomic mass is 10.2. The maximum Gasteiger partial charge on any atom is 0.146 e. The fraction of sp³-hybridized carbons (Fsp3) is 0.300. The van der Waals surface area contributed by atoms with Gasteiger partial charge in [0.1, 0.15) is 17.0 Å². The van der Waals surface area contributed by atoms with Crippen molar-refractivity contribution < 1.29 is 4.74 Å². The molecule has 2 heteroatoms. The van der Waals surface area contributed by atoms with Gasteiger partial charge in [-0.1, -0.05) is 12.1 Å². The highest BCUT2D eigenvalue weighted by Gasteiger charge is 2.45. The van der Waals surface area contributed by atoms with E-state index in [4.69, 9.17) is 4.74 Å². The number of hydrogen-bond donors (Lipinski definition) is 0. The third-order valence-electron chi connectivity index (χ3n) is 2.36. The van der Waals surface area contributed by atoms with Crippen LogP contribution in [0.1, 0.15) is 12.8 Å². The zero-order valence-electron chi connectivity index (χ0n) is 6.66. The van der Waals surface area contributed by atoms with E-state index >= 15 is 0 Å². The smallest absolute Gasteiger partial charge is 0.146 e. The lowest BCUT2D eigenvalue weighted by Crippen LogP contribution is -2.21. The average Bonchev–Trinajstić information content (AvgIpc) is 2.85. The Labute approximate surface area is 70.9 Å². The van der Waals surface area contributed by atoms with Crippen LogP contribution in [-0.2, 0) is 0 Å². The molecule has 12 heavy (non-hydrogen) atoms. The van der Waals surface area contributed by atoms with E-state index in [1.165, 1.54) is 0 Å². The van der Waals surface area contributed by atoms with Crippen LogP contribution in [0.15, 0.2) is 29.3 Å². The highest BCUT2D eigenvalue weighted by molar-refractivity contribution is 5.80. The van der Waals surface area contributed by atoms with Crippen LogP contribution in [0.3, 0.4) is 0 Å². The summed E-state index contributed by atoms with van der Waals surface area (Å²) in [5, 5.41) is 0. The molecule has 0 atom stereocenters. The molecule has 1 spiro atoms. The number of ether oxygens (including phenoxy) is 1. The molecule has 1 heterocycles. The van der Waals surface area contributed by atoms with E-state index in [1.54, 1.807) is 0 Å². The van der Waals surface area contributed by atoms with Crippen molar-refractivity contribution in [1.82, 2.24) is 0 Å². The molecule has 1 saturated carbocycles. The standard InChI is InChI=1S/C10H9NO/c1-2-4-9-8(3-1)11-7-10(12-9)5-6-10/h1-4,7H,5-6H2. The molecule has 0 aromatic heterocycles. The van der Waals surface area contributed by atoms with Crippen molar-refractivity contribution in [3.63, 3.8) is 0 Å². The van der Waals surface area contributed by atoms with Crippen molar-refractivity contribution in [3.05, 3.63) is 24.3 Å². The maximum atomic E-state index is 5.78. The largest absolute Gasteiger partial charge is 0.479 e. The zero-order valence-corrected chi connectivity index (χ0v) is 6.66. The van der Waals surface area contributed by atoms with Crippen molar-refractivity contribution in [2.24, 2.45) is 4.99 Å². The van der Waals surface area contributed by atoms with Gasteiger partial charge in [0.15, 0.2) is 0 Å². The molecule has 1 aromatic carbocycles. The average molecular weight is 159 g/mol. The molecule has 0 amide bonds. The fourth-order valence-electron chi connectivity index (χ4n) is 1.44. The predicted octanol–water partition coefficient (Wildman–Crippen LogP) is 2.31. The van der Waals surface area contributed by atoms with Crippen LogP contribution >= 0.6 is 0 Å². The Hall–Kier alpha value is -1.31. The van der Waals surface area contributed by atoms with Crippen molar-refractivity contribution >= 4 is 11.9 Å². The second-order valence-electron chi connectivity index (χ2n) is 3.39. The van der Waals surface area contributed by atoms with Crippen LogP contribution in [0.4, 0.5) is 5.69 Å². The summed E-state index contributed by atoms with van der Waals surface area (Å²) in [6.45, 7) is 0. The van der Waals surface area contributed by atoms with Gasteiger partial charge in [-0.2, -0.15) is 0 Å². The van der Waals surface area contributed by atoms with Crippen LogP contribution in [0, 0.1) is 0 Å². The van der Waals surface area contributed by atoms with Gasteiger partial charge in [0.05, 0.1) is 0 Å². The molecule has 1 aliphatic heterocycles. The highest BCUT2D eigenvalue weighted by atomic mass is 16.5. The molecule has 1 aromatic rings. The monoisotopic (exact) mass is 159 g/mol. The summed E-state index contributed by atoms with van der Waals surface area (Å²) < 4.78 is 5.78. The van der Waals surface area contributed by atoms with E-state index in [-0.39, 0.29) is 5.60 Å². The van der Waals surface area contributed by atoms with Crippen LogP contribution in [-0.4, -0.2) is 11.8 Å². The number of hydrogen-bond acceptors (Lipinski definition) is 2. The summed E-state index contributed by atoms with van der Waals surface area (Å²) in [4.78, 5) is 4.36. The van der Waals surface area contributed by atoms with Gasteiger partial charge in [0.25, 0.3) is 0 Å². The van der Waals surface area contributed by atoms with E-state index in [9.17, 15) is 0 Å². The summed E-state index contributed by atoms with van der Waals surface area (Å²) in [6.07, 6.45) is 4.17. The Kier molecular flexibility index (Phi) is 0.980. The molecule has 2 nitrogen and oxygen atoms in total. The molecular formula is C10H9NO. The van der Waals surface area contributed by atoms with Gasteiger partial charge in [0, 0.05) is 6.21 Å². The van der Waals surface area contributed by atoms with Crippen LogP contribution in [0.25, 0.3) is 0 Å². The molecule has 1 aliphatic carbocycles. The quantitative estimate of drug-likeness (QED) is 0.569. The summed E-state index contributed by atoms with van der Waals surface area (Å²) in [6, 6.07) is 7.91. The summed E-state index contributed by atoms with van der Waals surface area (Å²) >= 11 is 0. The van der Waals surface area contributed by atoms with E-state index in [1.807, 2.05) is 30.5 Å². The number of nitrogens with zero attached hydrogens (tertiary/aromatic N) is 1. The molecular weight excluding hydrogens is 150 g/mol. The summed E-state index contributed by atoms with van der Waals surface area (Å²) in [5.41, 5.74) is 0.934. The van der Waals surface area contributed by atoms with Gasteiger partial charge in [0.2, 0.25) is 0 Å². The van der Waals surface area contributed by atoms with Gasteiger partial charge in [-0.3, -0.25) is 4.99 Å². The minimum Gasteiger partial charge on any atom is -0.479 e. The second kappa shape index (κ2) is 1.89. The number of benzene rings is 1. The first-order valence-corrected chi connectivity index (χ1v) is 4.21. The fourth-order valence-corrected chi connectivity index (χ4v) is 1.44. The Balaban J connectivity index is 2.10. The Bertz CT molecular complexity index is 353. The molecule has 3 rings (SSSR count). The second-order valence-corrected chi connectivity index (χ2v) is 3.39. The molecule has 0 radical (unpaired) electrons. The number of para-hydroxylation sites is 2. The Morgan fingerprint density at radius 2 is 2.08 bits per heavy atom. The van der Waals surface area contributed by atoms with Crippen molar-refractivity contribution in [1.29, 1.82) is 0 Å². The van der Waals surface area contributed by atoms with Gasteiger partial charge in [-0.25, -0.2) is 0 Å². The highest BCUT2D eigenvalue weighted by Crippen LogP contribution is 2.44. The van der Waals surface area contributed by atoms with Gasteiger partial charge >= 0.3 is 0 Å². The van der Waals surface area contributed by atoms with Crippen LogP contribution < -0.4 is 4.74 Å². The van der Waals surface area contributed by atoms with E-state index in [2.05, 4.69) is 4.99 Å². The van der Waals surface area contributed by atoms with Crippen LogP contribution in [0.5, 0.6) is 5.75 Å². The van der Waals surface area contributed by atoms with Crippen molar-refractivity contribution in [2.45, 2.75) is 18.4 Å². The predicted molar refractivity (Wildman–Crippen MR) is 47.2 cm³/mol. The minimum atomic E-state index is -0.0195. The molecule has 0 unspecified atom stereocenters. The Morgan fingerprint density at radius 1 is 1.25 bits per heavy atom. The lowest BCUT2D eigenvalue weighted by molar-refractivity contribution is 0.250. The molecule has 0 bridgehead atoms. The number of rotatable bonds is 0. The molecule has 0 N–H and O–H groups in total. The van der Waals surface area contributed by atoms with Gasteiger partial charge in [-0.05, 0) is 25.0 Å². The molecule has 2 aliphatic rings. The molecule has 60 valence electrons. The molecule has 1 fully saturated rings. The van der Waals surface area contributed by atoms with Gasteiger partial charge in [-0.15, -0.1) is 0 Å². The SMILES string of the molecule is C1=Nc2ccccc2OC12CC2. The first kappa shape index (κ1) is 6.23. The molecule has 0 saturated heterocycles. The summed E-state index contributed by atoms with van der Waals surface area (Å²) in [5.74, 6) is 0.928.